The van der Waals surface area contributed by atoms with Gasteiger partial charge in [0.2, 0.25) is 11.8 Å². The van der Waals surface area contributed by atoms with Crippen LogP contribution in [0.3, 0.4) is 0 Å². The summed E-state index contributed by atoms with van der Waals surface area (Å²) in [6.07, 6.45) is 0.0962. The molecule has 0 aliphatic carbocycles. The Morgan fingerprint density at radius 2 is 1.79 bits per heavy atom. The van der Waals surface area contributed by atoms with E-state index in [0.29, 0.717) is 17.1 Å². The van der Waals surface area contributed by atoms with Gasteiger partial charge in [-0.25, -0.2) is 13.1 Å². The van der Waals surface area contributed by atoms with Crippen molar-refractivity contribution in [2.45, 2.75) is 31.8 Å². The summed E-state index contributed by atoms with van der Waals surface area (Å²) >= 11 is 0. The predicted molar refractivity (Wildman–Crippen MR) is 125 cm³/mol. The fraction of sp³-hybridized carbons (Fsp3) is 0.292. The van der Waals surface area contributed by atoms with Gasteiger partial charge >= 0.3 is 0 Å². The molecule has 0 spiro atoms. The summed E-state index contributed by atoms with van der Waals surface area (Å²) in [5.74, 6) is -0.926. The van der Waals surface area contributed by atoms with Crippen molar-refractivity contribution in [3.05, 3.63) is 70.9 Å². The monoisotopic (exact) mass is 464 g/mol. The second-order valence-corrected chi connectivity index (χ2v) is 10.9. The van der Waals surface area contributed by atoms with Gasteiger partial charge in [0.1, 0.15) is 5.82 Å². The number of anilines is 2. The largest absolute Gasteiger partial charge is 0.312 e. The zero-order valence-corrected chi connectivity index (χ0v) is 19.2. The Bertz CT molecular complexity index is 1380. The summed E-state index contributed by atoms with van der Waals surface area (Å²) in [5.41, 5.74) is 4.58. The summed E-state index contributed by atoms with van der Waals surface area (Å²) in [4.78, 5) is 27.5. The highest BCUT2D eigenvalue weighted by Crippen LogP contribution is 2.34. The molecule has 2 aliphatic rings. The molecule has 1 unspecified atom stereocenters. The van der Waals surface area contributed by atoms with E-state index in [1.165, 1.54) is 0 Å². The van der Waals surface area contributed by atoms with E-state index < -0.39 is 15.8 Å². The van der Waals surface area contributed by atoms with Crippen LogP contribution in [0.5, 0.6) is 0 Å². The summed E-state index contributed by atoms with van der Waals surface area (Å²) in [5, 5.41) is 7.40. The number of carbonyl (C=O) groups excluding carboxylic acids is 2. The minimum Gasteiger partial charge on any atom is -0.312 e. The first-order valence-electron chi connectivity index (χ1n) is 10.8. The zero-order valence-electron chi connectivity index (χ0n) is 18.4. The molecule has 9 heteroatoms. The molecule has 1 fully saturated rings. The molecule has 0 saturated carbocycles. The molecule has 1 saturated heterocycles. The van der Waals surface area contributed by atoms with E-state index in [1.807, 2.05) is 62.4 Å². The van der Waals surface area contributed by atoms with Crippen molar-refractivity contribution >= 4 is 33.2 Å². The Hall–Kier alpha value is -3.46. The minimum absolute atomic E-state index is 0.0962. The standard InChI is InChI=1S/C24H24N4O4S/c1-15-6-8-18(9-7-15)28-23(20-13-33(31,32)14-21(20)26-28)25-24(30)17-11-22(29)27(12-17)19-5-3-4-16(2)10-19/h3-10,17H,11-14H2,1-2H3,(H,25,30). The molecule has 33 heavy (non-hydrogen) atoms. The Labute approximate surface area is 192 Å². The molecule has 170 valence electrons. The highest BCUT2D eigenvalue weighted by Gasteiger charge is 2.38. The maximum Gasteiger partial charge on any atom is 0.230 e. The van der Waals surface area contributed by atoms with Gasteiger partial charge in [0.25, 0.3) is 0 Å². The van der Waals surface area contributed by atoms with Crippen molar-refractivity contribution in [1.82, 2.24) is 9.78 Å². The molecule has 3 heterocycles. The Morgan fingerprint density at radius 1 is 1.03 bits per heavy atom. The molecule has 1 aromatic heterocycles. The number of benzene rings is 2. The van der Waals surface area contributed by atoms with Gasteiger partial charge in [-0.15, -0.1) is 0 Å². The van der Waals surface area contributed by atoms with Gasteiger partial charge in [0, 0.05) is 24.2 Å². The van der Waals surface area contributed by atoms with Crippen LogP contribution in [-0.4, -0.2) is 36.6 Å². The number of hydrogen-bond acceptors (Lipinski definition) is 5. The zero-order chi connectivity index (χ0) is 23.3. The maximum atomic E-state index is 13.2. The number of aromatic nitrogens is 2. The van der Waals surface area contributed by atoms with E-state index in [-0.39, 0.29) is 36.3 Å². The number of sulfone groups is 1. The lowest BCUT2D eigenvalue weighted by atomic mass is 10.1. The van der Waals surface area contributed by atoms with Crippen LogP contribution in [0.15, 0.2) is 48.5 Å². The third-order valence-corrected chi connectivity index (χ3v) is 7.56. The fourth-order valence-electron chi connectivity index (χ4n) is 4.39. The van der Waals surface area contributed by atoms with E-state index in [9.17, 15) is 18.0 Å². The normalized spacial score (nSPS) is 19.0. The maximum absolute atomic E-state index is 13.2. The van der Waals surface area contributed by atoms with E-state index in [0.717, 1.165) is 22.5 Å². The minimum atomic E-state index is -3.29. The molecule has 3 aromatic rings. The van der Waals surface area contributed by atoms with Gasteiger partial charge in [0.15, 0.2) is 9.84 Å². The first kappa shape index (κ1) is 21.4. The van der Waals surface area contributed by atoms with Crippen molar-refractivity contribution in [2.75, 3.05) is 16.8 Å². The van der Waals surface area contributed by atoms with Crippen molar-refractivity contribution in [3.8, 4) is 5.69 Å². The summed E-state index contributed by atoms with van der Waals surface area (Å²) in [6, 6.07) is 15.2. The number of amides is 2. The lowest BCUT2D eigenvalue weighted by Gasteiger charge is -2.17. The topological polar surface area (TPSA) is 101 Å². The van der Waals surface area contributed by atoms with Gasteiger partial charge in [0.05, 0.1) is 28.8 Å². The molecule has 2 aliphatic heterocycles. The van der Waals surface area contributed by atoms with Crippen LogP contribution in [0.1, 0.15) is 28.8 Å². The van der Waals surface area contributed by atoms with Gasteiger partial charge in [-0.3, -0.25) is 9.59 Å². The number of nitrogens with zero attached hydrogens (tertiary/aromatic N) is 3. The lowest BCUT2D eigenvalue weighted by molar-refractivity contribution is -0.122. The third-order valence-electron chi connectivity index (χ3n) is 6.12. The Balaban J connectivity index is 1.44. The van der Waals surface area contributed by atoms with E-state index in [1.54, 1.807) is 9.58 Å². The second-order valence-electron chi connectivity index (χ2n) is 8.79. The molecule has 0 radical (unpaired) electrons. The summed E-state index contributed by atoms with van der Waals surface area (Å²) in [7, 11) is -3.29. The van der Waals surface area contributed by atoms with Gasteiger partial charge in [-0.1, -0.05) is 29.8 Å². The fourth-order valence-corrected chi connectivity index (χ4v) is 5.88. The van der Waals surface area contributed by atoms with E-state index >= 15 is 0 Å². The summed E-state index contributed by atoms with van der Waals surface area (Å²) in [6.45, 7) is 4.20. The quantitative estimate of drug-likeness (QED) is 0.640. The Morgan fingerprint density at radius 3 is 2.52 bits per heavy atom. The first-order valence-corrected chi connectivity index (χ1v) is 12.6. The third kappa shape index (κ3) is 4.04. The number of rotatable bonds is 4. The number of aryl methyl sites for hydroxylation is 2. The van der Waals surface area contributed by atoms with Crippen molar-refractivity contribution in [1.29, 1.82) is 0 Å². The van der Waals surface area contributed by atoms with Crippen molar-refractivity contribution < 1.29 is 18.0 Å². The SMILES string of the molecule is Cc1ccc(-n2nc3c(c2NC(=O)C2CC(=O)N(c4cccc(C)c4)C2)CS(=O)(=O)C3)cc1. The Kier molecular flexibility index (Phi) is 5.08. The highest BCUT2D eigenvalue weighted by atomic mass is 32.2. The van der Waals surface area contributed by atoms with E-state index in [2.05, 4.69) is 10.4 Å². The van der Waals surface area contributed by atoms with Gasteiger partial charge in [-0.05, 0) is 43.7 Å². The van der Waals surface area contributed by atoms with Crippen LogP contribution in [0.4, 0.5) is 11.5 Å². The molecule has 0 bridgehead atoms. The number of carbonyl (C=O) groups is 2. The smallest absolute Gasteiger partial charge is 0.230 e. The van der Waals surface area contributed by atoms with E-state index in [4.69, 9.17) is 0 Å². The van der Waals surface area contributed by atoms with Gasteiger partial charge < -0.3 is 10.2 Å². The van der Waals surface area contributed by atoms with Crippen LogP contribution in [0.25, 0.3) is 5.69 Å². The molecule has 1 N–H and O–H groups in total. The molecule has 2 amide bonds. The molecule has 5 rings (SSSR count). The highest BCUT2D eigenvalue weighted by molar-refractivity contribution is 7.90. The first-order chi connectivity index (χ1) is 15.7. The predicted octanol–water partition coefficient (Wildman–Crippen LogP) is 2.91. The van der Waals surface area contributed by atoms with Crippen LogP contribution in [0.2, 0.25) is 0 Å². The number of hydrogen-bond donors (Lipinski definition) is 1. The second kappa shape index (κ2) is 7.84. The average molecular weight is 465 g/mol. The summed E-state index contributed by atoms with van der Waals surface area (Å²) < 4.78 is 26.0. The van der Waals surface area contributed by atoms with Crippen LogP contribution in [0, 0.1) is 19.8 Å². The van der Waals surface area contributed by atoms with Crippen LogP contribution in [-0.2, 0) is 30.9 Å². The average Bonchev–Trinajstić information content (AvgIpc) is 3.39. The van der Waals surface area contributed by atoms with Crippen molar-refractivity contribution in [2.24, 2.45) is 5.92 Å². The molecule has 2 aromatic carbocycles. The van der Waals surface area contributed by atoms with Gasteiger partial charge in [-0.2, -0.15) is 5.10 Å². The number of fused-ring (bicyclic) bond motifs is 1. The van der Waals surface area contributed by atoms with Crippen LogP contribution < -0.4 is 10.2 Å². The molecular weight excluding hydrogens is 440 g/mol. The lowest BCUT2D eigenvalue weighted by Crippen LogP contribution is -2.29. The molecule has 8 nitrogen and oxygen atoms in total. The van der Waals surface area contributed by atoms with Crippen LogP contribution >= 0.6 is 0 Å². The molecule has 1 atom stereocenters. The number of nitrogens with one attached hydrogen (secondary N) is 1. The molecular formula is C24H24N4O4S. The van der Waals surface area contributed by atoms with Crippen molar-refractivity contribution in [3.63, 3.8) is 0 Å².